The lowest BCUT2D eigenvalue weighted by Crippen LogP contribution is -2.29. The number of hydrogen-bond acceptors (Lipinski definition) is 4. The maximum Gasteiger partial charge on any atom is 0.352 e. The molecule has 4 rings (SSSR count). The zero-order chi connectivity index (χ0) is 21.4. The molecule has 7 nitrogen and oxygen atoms in total. The Morgan fingerprint density at radius 2 is 1.67 bits per heavy atom. The Balaban J connectivity index is 1.65. The number of aryl methyl sites for hydroxylation is 4. The third-order valence-electron chi connectivity index (χ3n) is 5.04. The second kappa shape index (κ2) is 7.59. The van der Waals surface area contributed by atoms with Crippen molar-refractivity contribution in [3.63, 3.8) is 0 Å². The molecule has 1 amide bonds. The van der Waals surface area contributed by atoms with E-state index in [-0.39, 0.29) is 18.1 Å². The van der Waals surface area contributed by atoms with Gasteiger partial charge >= 0.3 is 5.69 Å². The van der Waals surface area contributed by atoms with Crippen molar-refractivity contribution in [2.75, 3.05) is 5.32 Å². The van der Waals surface area contributed by atoms with Crippen LogP contribution in [0.2, 0.25) is 0 Å². The summed E-state index contributed by atoms with van der Waals surface area (Å²) in [5, 5.41) is 7.28. The van der Waals surface area contributed by atoms with Gasteiger partial charge in [0.05, 0.1) is 5.69 Å². The first-order valence-electron chi connectivity index (χ1n) is 9.74. The molecule has 30 heavy (non-hydrogen) atoms. The quantitative estimate of drug-likeness (QED) is 0.568. The van der Waals surface area contributed by atoms with Gasteiger partial charge in [-0.25, -0.2) is 18.9 Å². The zero-order valence-corrected chi connectivity index (χ0v) is 17.4. The number of aromatic nitrogens is 4. The highest BCUT2D eigenvalue weighted by molar-refractivity contribution is 5.92. The van der Waals surface area contributed by atoms with E-state index in [1.165, 1.54) is 9.08 Å². The van der Waals surface area contributed by atoms with E-state index in [0.29, 0.717) is 11.5 Å². The molecule has 0 saturated heterocycles. The summed E-state index contributed by atoms with van der Waals surface area (Å²) in [5.41, 5.74) is 5.61. The summed E-state index contributed by atoms with van der Waals surface area (Å²) in [6.07, 6.45) is 0. The first kappa shape index (κ1) is 19.6. The number of nitrogens with one attached hydrogen (secondary N) is 1. The molecule has 4 aromatic rings. The Kier molecular flexibility index (Phi) is 4.95. The van der Waals surface area contributed by atoms with E-state index in [4.69, 9.17) is 0 Å². The highest BCUT2D eigenvalue weighted by Crippen LogP contribution is 2.22. The highest BCUT2D eigenvalue weighted by Gasteiger charge is 2.16. The van der Waals surface area contributed by atoms with Crippen LogP contribution in [-0.2, 0) is 11.3 Å². The first-order valence-corrected chi connectivity index (χ1v) is 9.74. The largest absolute Gasteiger partial charge is 0.352 e. The lowest BCUT2D eigenvalue weighted by atomic mass is 10.1. The Morgan fingerprint density at radius 3 is 2.33 bits per heavy atom. The Labute approximate surface area is 174 Å². The number of amides is 1. The lowest BCUT2D eigenvalue weighted by Gasteiger charge is -2.12. The van der Waals surface area contributed by atoms with Crippen LogP contribution >= 0.6 is 0 Å². The Hall–Kier alpha value is -3.74. The average Bonchev–Trinajstić information content (AvgIpc) is 3.01. The van der Waals surface area contributed by atoms with Crippen LogP contribution in [0.25, 0.3) is 16.9 Å². The monoisotopic (exact) mass is 401 g/mol. The van der Waals surface area contributed by atoms with E-state index in [2.05, 4.69) is 15.4 Å². The number of carbonyl (C=O) groups excluding carboxylic acids is 1. The van der Waals surface area contributed by atoms with E-state index in [1.54, 1.807) is 13.0 Å². The van der Waals surface area contributed by atoms with Gasteiger partial charge in [0, 0.05) is 17.3 Å². The number of hydrogen-bond donors (Lipinski definition) is 1. The minimum atomic E-state index is -0.387. The molecule has 2 heterocycles. The normalized spacial score (nSPS) is 11.1. The third kappa shape index (κ3) is 3.61. The maximum absolute atomic E-state index is 12.8. The second-order valence-corrected chi connectivity index (χ2v) is 7.51. The van der Waals surface area contributed by atoms with Gasteiger partial charge in [-0.2, -0.15) is 0 Å². The molecule has 0 atom stereocenters. The van der Waals surface area contributed by atoms with Crippen LogP contribution in [0.3, 0.4) is 0 Å². The third-order valence-corrected chi connectivity index (χ3v) is 5.04. The van der Waals surface area contributed by atoms with Crippen molar-refractivity contribution in [3.05, 3.63) is 81.5 Å². The number of nitrogens with zero attached hydrogens (tertiary/aromatic N) is 4. The van der Waals surface area contributed by atoms with Crippen LogP contribution in [0.5, 0.6) is 0 Å². The summed E-state index contributed by atoms with van der Waals surface area (Å²) in [6.45, 7) is 7.50. The molecule has 0 aliphatic rings. The summed E-state index contributed by atoms with van der Waals surface area (Å²) in [7, 11) is 0. The number of carbonyl (C=O) groups is 1. The molecule has 1 N–H and O–H groups in total. The van der Waals surface area contributed by atoms with Crippen LogP contribution in [0.15, 0.2) is 53.3 Å². The van der Waals surface area contributed by atoms with Crippen molar-refractivity contribution in [2.24, 2.45) is 0 Å². The fourth-order valence-electron chi connectivity index (χ4n) is 3.75. The lowest BCUT2D eigenvalue weighted by molar-refractivity contribution is -0.117. The van der Waals surface area contributed by atoms with E-state index in [9.17, 15) is 9.59 Å². The van der Waals surface area contributed by atoms with E-state index in [0.717, 1.165) is 33.6 Å². The fourth-order valence-corrected chi connectivity index (χ4v) is 3.75. The average molecular weight is 401 g/mol. The Bertz CT molecular complexity index is 1300. The molecule has 0 aliphatic heterocycles. The van der Waals surface area contributed by atoms with Crippen molar-refractivity contribution in [2.45, 2.75) is 34.2 Å². The van der Waals surface area contributed by atoms with Crippen LogP contribution < -0.4 is 11.0 Å². The number of benzene rings is 2. The van der Waals surface area contributed by atoms with Gasteiger partial charge in [-0.1, -0.05) is 48.0 Å². The Morgan fingerprint density at radius 1 is 1.00 bits per heavy atom. The van der Waals surface area contributed by atoms with Crippen LogP contribution in [-0.4, -0.2) is 25.1 Å². The molecule has 0 saturated carbocycles. The summed E-state index contributed by atoms with van der Waals surface area (Å²) >= 11 is 0. The fraction of sp³-hybridized carbons (Fsp3) is 0.217. The predicted molar refractivity (Wildman–Crippen MR) is 117 cm³/mol. The second-order valence-electron chi connectivity index (χ2n) is 7.51. The first-order chi connectivity index (χ1) is 14.3. The molecule has 0 bridgehead atoms. The van der Waals surface area contributed by atoms with E-state index in [1.807, 2.05) is 63.2 Å². The molecule has 0 aliphatic carbocycles. The van der Waals surface area contributed by atoms with Crippen molar-refractivity contribution in [1.82, 2.24) is 19.2 Å². The van der Waals surface area contributed by atoms with Gasteiger partial charge < -0.3 is 5.32 Å². The molecule has 0 radical (unpaired) electrons. The molecule has 0 fully saturated rings. The molecular formula is C23H23N5O2. The van der Waals surface area contributed by atoms with Gasteiger partial charge in [-0.15, -0.1) is 5.10 Å². The molecule has 2 aromatic carbocycles. The van der Waals surface area contributed by atoms with Crippen LogP contribution in [0.1, 0.15) is 22.5 Å². The SMILES string of the molecule is Cc1cc(C)c(NC(=O)Cn2nc3cc(-c4ccccc4)nc(C)n3c2=O)c(C)c1. The van der Waals surface area contributed by atoms with Crippen molar-refractivity contribution in [3.8, 4) is 11.3 Å². The van der Waals surface area contributed by atoms with Gasteiger partial charge in [0.25, 0.3) is 0 Å². The molecule has 0 unspecified atom stereocenters. The topological polar surface area (TPSA) is 81.3 Å². The molecule has 0 spiro atoms. The number of anilines is 1. The highest BCUT2D eigenvalue weighted by atomic mass is 16.2. The van der Waals surface area contributed by atoms with Gasteiger partial charge in [-0.3, -0.25) is 4.79 Å². The number of fused-ring (bicyclic) bond motifs is 1. The van der Waals surface area contributed by atoms with E-state index >= 15 is 0 Å². The minimum absolute atomic E-state index is 0.173. The van der Waals surface area contributed by atoms with Gasteiger partial charge in [0.15, 0.2) is 5.65 Å². The summed E-state index contributed by atoms with van der Waals surface area (Å²) in [4.78, 5) is 30.0. The molecule has 2 aromatic heterocycles. The molecule has 7 heteroatoms. The van der Waals surface area contributed by atoms with E-state index < -0.39 is 0 Å². The van der Waals surface area contributed by atoms with Crippen LogP contribution in [0, 0.1) is 27.7 Å². The minimum Gasteiger partial charge on any atom is -0.324 e. The predicted octanol–water partition coefficient (Wildman–Crippen LogP) is 3.43. The van der Waals surface area contributed by atoms with Gasteiger partial charge in [0.1, 0.15) is 12.4 Å². The summed E-state index contributed by atoms with van der Waals surface area (Å²) < 4.78 is 2.59. The smallest absolute Gasteiger partial charge is 0.324 e. The van der Waals surface area contributed by atoms with Crippen molar-refractivity contribution < 1.29 is 4.79 Å². The van der Waals surface area contributed by atoms with Crippen molar-refractivity contribution in [1.29, 1.82) is 0 Å². The number of rotatable bonds is 4. The standard InChI is InChI=1S/C23H23N5O2/c1-14-10-15(2)22(16(3)11-14)25-21(29)13-27-23(30)28-17(4)24-19(12-20(28)26-27)18-8-6-5-7-9-18/h5-12H,13H2,1-4H3,(H,25,29). The molecule has 152 valence electrons. The maximum atomic E-state index is 12.8. The zero-order valence-electron chi connectivity index (χ0n) is 17.4. The van der Waals surface area contributed by atoms with Gasteiger partial charge in [-0.05, 0) is 38.8 Å². The van der Waals surface area contributed by atoms with Crippen LogP contribution in [0.4, 0.5) is 5.69 Å². The summed E-state index contributed by atoms with van der Waals surface area (Å²) in [6, 6.07) is 15.5. The molecular weight excluding hydrogens is 378 g/mol. The van der Waals surface area contributed by atoms with Gasteiger partial charge in [0.2, 0.25) is 5.91 Å². The van der Waals surface area contributed by atoms with Crippen molar-refractivity contribution >= 4 is 17.2 Å². The summed E-state index contributed by atoms with van der Waals surface area (Å²) in [5.74, 6) is 0.220.